The molecule has 78 valence electrons. The van der Waals surface area contributed by atoms with Gasteiger partial charge in [0.1, 0.15) is 0 Å². The van der Waals surface area contributed by atoms with E-state index in [4.69, 9.17) is 10.5 Å². The zero-order valence-corrected chi connectivity index (χ0v) is 9.21. The van der Waals surface area contributed by atoms with E-state index in [1.807, 2.05) is 6.92 Å². The van der Waals surface area contributed by atoms with Crippen LogP contribution in [0.1, 0.15) is 5.69 Å². The first-order chi connectivity index (χ1) is 7.20. The number of aromatic nitrogens is 3. The van der Waals surface area contributed by atoms with E-state index in [0.717, 1.165) is 16.3 Å². The Morgan fingerprint density at radius 3 is 2.80 bits per heavy atom. The van der Waals surface area contributed by atoms with Crippen LogP contribution in [0.25, 0.3) is 10.6 Å². The number of nitrogens with two attached hydrogens (primary N) is 1. The Kier molecular flexibility index (Phi) is 2.51. The molecule has 0 radical (unpaired) electrons. The molecular formula is C9H10N4OS. The fraction of sp³-hybridized carbons (Fsp3) is 0.222. The van der Waals surface area contributed by atoms with Crippen molar-refractivity contribution in [3.8, 4) is 15.8 Å². The number of hydrogen-bond donors (Lipinski definition) is 1. The molecule has 2 aromatic rings. The summed E-state index contributed by atoms with van der Waals surface area (Å²) in [6, 6.07) is 1.80. The Bertz CT molecular complexity index is 483. The lowest BCUT2D eigenvalue weighted by Gasteiger charge is -1.97. The van der Waals surface area contributed by atoms with Crippen molar-refractivity contribution < 1.29 is 4.74 Å². The molecule has 0 amide bonds. The quantitative estimate of drug-likeness (QED) is 0.833. The molecule has 2 heterocycles. The van der Waals surface area contributed by atoms with Gasteiger partial charge in [-0.1, -0.05) is 11.3 Å². The third kappa shape index (κ3) is 1.89. The average Bonchev–Trinajstić information content (AvgIpc) is 2.60. The fourth-order valence-electron chi connectivity index (χ4n) is 1.20. The number of rotatable bonds is 2. The van der Waals surface area contributed by atoms with Crippen molar-refractivity contribution in [2.45, 2.75) is 6.92 Å². The van der Waals surface area contributed by atoms with Gasteiger partial charge in [0.25, 0.3) is 5.19 Å². The predicted octanol–water partition coefficient (Wildman–Crippen LogP) is 1.50. The molecule has 0 aliphatic rings. The SMILES string of the molecule is COc1nc(C)c(-c2ccnc(N)n2)s1. The summed E-state index contributed by atoms with van der Waals surface area (Å²) >= 11 is 1.44. The van der Waals surface area contributed by atoms with Crippen LogP contribution in [0.2, 0.25) is 0 Å². The molecule has 2 aromatic heterocycles. The molecule has 0 aromatic carbocycles. The number of nitrogens with zero attached hydrogens (tertiary/aromatic N) is 3. The molecule has 0 spiro atoms. The molecule has 0 atom stereocenters. The number of anilines is 1. The van der Waals surface area contributed by atoms with Crippen LogP contribution < -0.4 is 10.5 Å². The molecule has 0 fully saturated rings. The Hall–Kier alpha value is -1.69. The summed E-state index contributed by atoms with van der Waals surface area (Å²) in [6.07, 6.45) is 1.63. The number of methoxy groups -OCH3 is 1. The van der Waals surface area contributed by atoms with Gasteiger partial charge in [0.15, 0.2) is 0 Å². The molecule has 2 N–H and O–H groups in total. The van der Waals surface area contributed by atoms with Crippen LogP contribution in [0.15, 0.2) is 12.3 Å². The molecule has 0 saturated carbocycles. The topological polar surface area (TPSA) is 73.9 Å². The first kappa shape index (κ1) is 9.85. The monoisotopic (exact) mass is 222 g/mol. The van der Waals surface area contributed by atoms with Gasteiger partial charge in [0, 0.05) is 6.20 Å². The Labute approximate surface area is 91.0 Å². The van der Waals surface area contributed by atoms with Crippen LogP contribution in [0.5, 0.6) is 5.19 Å². The van der Waals surface area contributed by atoms with Crippen molar-refractivity contribution in [2.24, 2.45) is 0 Å². The minimum absolute atomic E-state index is 0.263. The van der Waals surface area contributed by atoms with Gasteiger partial charge in [0.2, 0.25) is 5.95 Å². The molecular weight excluding hydrogens is 212 g/mol. The maximum atomic E-state index is 5.52. The third-order valence-corrected chi connectivity index (χ3v) is 3.00. The second-order valence-electron chi connectivity index (χ2n) is 2.90. The molecule has 5 nitrogen and oxygen atoms in total. The van der Waals surface area contributed by atoms with E-state index in [9.17, 15) is 0 Å². The van der Waals surface area contributed by atoms with E-state index in [1.54, 1.807) is 19.4 Å². The Morgan fingerprint density at radius 1 is 1.40 bits per heavy atom. The molecule has 2 rings (SSSR count). The number of ether oxygens (including phenoxy) is 1. The zero-order chi connectivity index (χ0) is 10.8. The van der Waals surface area contributed by atoms with Crippen molar-refractivity contribution in [3.05, 3.63) is 18.0 Å². The highest BCUT2D eigenvalue weighted by atomic mass is 32.1. The third-order valence-electron chi connectivity index (χ3n) is 1.86. The lowest BCUT2D eigenvalue weighted by atomic mass is 10.3. The van der Waals surface area contributed by atoms with E-state index in [0.29, 0.717) is 5.19 Å². The van der Waals surface area contributed by atoms with Crippen molar-refractivity contribution in [2.75, 3.05) is 12.8 Å². The van der Waals surface area contributed by atoms with Gasteiger partial charge in [-0.05, 0) is 13.0 Å². The summed E-state index contributed by atoms with van der Waals surface area (Å²) in [7, 11) is 1.59. The van der Waals surface area contributed by atoms with E-state index in [-0.39, 0.29) is 5.95 Å². The van der Waals surface area contributed by atoms with Gasteiger partial charge in [-0.3, -0.25) is 0 Å². The van der Waals surface area contributed by atoms with Crippen LogP contribution in [0.3, 0.4) is 0 Å². The molecule has 6 heteroatoms. The smallest absolute Gasteiger partial charge is 0.273 e. The normalized spacial score (nSPS) is 10.3. The summed E-state index contributed by atoms with van der Waals surface area (Å²) < 4.78 is 5.06. The van der Waals surface area contributed by atoms with Gasteiger partial charge in [-0.25, -0.2) is 15.0 Å². The van der Waals surface area contributed by atoms with Crippen molar-refractivity contribution in [1.29, 1.82) is 0 Å². The first-order valence-electron chi connectivity index (χ1n) is 4.31. The van der Waals surface area contributed by atoms with Crippen LogP contribution in [-0.2, 0) is 0 Å². The molecule has 0 aliphatic heterocycles. The minimum atomic E-state index is 0.263. The van der Waals surface area contributed by atoms with Crippen molar-refractivity contribution >= 4 is 17.3 Å². The standard InChI is InChI=1S/C9H10N4OS/c1-5-7(15-9(12-5)14-2)6-3-4-11-8(10)13-6/h3-4H,1-2H3,(H2,10,11,13). The first-order valence-corrected chi connectivity index (χ1v) is 5.12. The summed E-state index contributed by atoms with van der Waals surface area (Å²) in [4.78, 5) is 13.2. The Morgan fingerprint density at radius 2 is 2.20 bits per heavy atom. The zero-order valence-electron chi connectivity index (χ0n) is 8.39. The second-order valence-corrected chi connectivity index (χ2v) is 3.86. The van der Waals surface area contributed by atoms with Crippen LogP contribution in [0.4, 0.5) is 5.95 Å². The molecule has 0 aliphatic carbocycles. The van der Waals surface area contributed by atoms with Gasteiger partial charge >= 0.3 is 0 Å². The van der Waals surface area contributed by atoms with E-state index < -0.39 is 0 Å². The lowest BCUT2D eigenvalue weighted by molar-refractivity contribution is 0.411. The fourth-order valence-corrected chi connectivity index (χ4v) is 2.05. The van der Waals surface area contributed by atoms with Crippen LogP contribution >= 0.6 is 11.3 Å². The second kappa shape index (κ2) is 3.82. The van der Waals surface area contributed by atoms with Gasteiger partial charge in [-0.2, -0.15) is 0 Å². The number of nitrogen functional groups attached to an aromatic ring is 1. The maximum Gasteiger partial charge on any atom is 0.273 e. The summed E-state index contributed by atoms with van der Waals surface area (Å²) in [5, 5.41) is 0.625. The van der Waals surface area contributed by atoms with Crippen LogP contribution in [0, 0.1) is 6.92 Å². The number of thiazole rings is 1. The highest BCUT2D eigenvalue weighted by Gasteiger charge is 2.11. The molecule has 15 heavy (non-hydrogen) atoms. The summed E-state index contributed by atoms with van der Waals surface area (Å²) in [5.74, 6) is 0.263. The lowest BCUT2D eigenvalue weighted by Crippen LogP contribution is -1.94. The minimum Gasteiger partial charge on any atom is -0.473 e. The highest BCUT2D eigenvalue weighted by Crippen LogP contribution is 2.32. The van der Waals surface area contributed by atoms with Crippen molar-refractivity contribution in [3.63, 3.8) is 0 Å². The summed E-state index contributed by atoms with van der Waals surface area (Å²) in [5.41, 5.74) is 7.18. The van der Waals surface area contributed by atoms with Crippen molar-refractivity contribution in [1.82, 2.24) is 15.0 Å². The van der Waals surface area contributed by atoms with E-state index >= 15 is 0 Å². The number of aryl methyl sites for hydroxylation is 1. The molecule has 0 unspecified atom stereocenters. The van der Waals surface area contributed by atoms with Gasteiger partial charge in [0.05, 0.1) is 23.4 Å². The highest BCUT2D eigenvalue weighted by molar-refractivity contribution is 7.17. The molecule has 0 saturated heterocycles. The average molecular weight is 222 g/mol. The number of hydrogen-bond acceptors (Lipinski definition) is 6. The van der Waals surface area contributed by atoms with Crippen LogP contribution in [-0.4, -0.2) is 22.1 Å². The van der Waals surface area contributed by atoms with Gasteiger partial charge in [-0.15, -0.1) is 0 Å². The Balaban J connectivity index is 2.48. The maximum absolute atomic E-state index is 5.52. The largest absolute Gasteiger partial charge is 0.473 e. The summed E-state index contributed by atoms with van der Waals surface area (Å²) in [6.45, 7) is 1.91. The predicted molar refractivity (Wildman–Crippen MR) is 58.8 cm³/mol. The molecule has 0 bridgehead atoms. The van der Waals surface area contributed by atoms with E-state index in [2.05, 4.69) is 15.0 Å². The van der Waals surface area contributed by atoms with Gasteiger partial charge < -0.3 is 10.5 Å². The van der Waals surface area contributed by atoms with E-state index in [1.165, 1.54) is 11.3 Å².